The van der Waals surface area contributed by atoms with Gasteiger partial charge in [0.2, 0.25) is 10.0 Å². The lowest BCUT2D eigenvalue weighted by atomic mass is 10.0. The van der Waals surface area contributed by atoms with Crippen LogP contribution in [0.2, 0.25) is 0 Å². The summed E-state index contributed by atoms with van der Waals surface area (Å²) in [5, 5.41) is 3.25. The number of likely N-dealkylation sites (tertiary alicyclic amines) is 1. The highest BCUT2D eigenvalue weighted by molar-refractivity contribution is 7.92. The highest BCUT2D eigenvalue weighted by Gasteiger charge is 2.38. The molecule has 4 aromatic heterocycles. The molecular weight excluding hydrogens is 701 g/mol. The maximum Gasteiger partial charge on any atom is 0.261 e. The van der Waals surface area contributed by atoms with Gasteiger partial charge in [0.1, 0.15) is 34.3 Å². The van der Waals surface area contributed by atoms with Crippen LogP contribution in [0.1, 0.15) is 22.6 Å². The first-order valence-corrected chi connectivity index (χ1v) is 18.1. The highest BCUT2D eigenvalue weighted by atomic mass is 32.2. The number of fused-ring (bicyclic) bond motifs is 6. The summed E-state index contributed by atoms with van der Waals surface area (Å²) >= 11 is 0. The van der Waals surface area contributed by atoms with Crippen LogP contribution in [-0.2, 0) is 16.6 Å². The minimum absolute atomic E-state index is 0.0865. The molecule has 3 aromatic carbocycles. The Labute approximate surface area is 294 Å². The molecule has 1 aliphatic rings. The van der Waals surface area contributed by atoms with Crippen molar-refractivity contribution < 1.29 is 35.2 Å². The first kappa shape index (κ1) is 33.6. The van der Waals surface area contributed by atoms with Gasteiger partial charge < -0.3 is 9.73 Å². The minimum atomic E-state index is -3.83. The molecule has 0 radical (unpaired) electrons. The molecular formula is C37H30F4N6O4S. The zero-order chi connectivity index (χ0) is 36.7. The molecule has 266 valence electrons. The third-order valence-electron chi connectivity index (χ3n) is 9.51. The van der Waals surface area contributed by atoms with E-state index in [9.17, 15) is 26.4 Å². The molecule has 0 atom stereocenters. The average molecular weight is 731 g/mol. The lowest BCUT2D eigenvalue weighted by Crippen LogP contribution is -2.26. The molecule has 1 saturated heterocycles. The Hall–Kier alpha value is -5.54. The van der Waals surface area contributed by atoms with E-state index in [0.717, 1.165) is 10.6 Å². The van der Waals surface area contributed by atoms with Crippen LogP contribution >= 0.6 is 0 Å². The molecule has 0 unspecified atom stereocenters. The molecule has 15 heteroatoms. The third kappa shape index (κ3) is 5.60. The predicted molar refractivity (Wildman–Crippen MR) is 190 cm³/mol. The minimum Gasteiger partial charge on any atom is -0.455 e. The van der Waals surface area contributed by atoms with Crippen molar-refractivity contribution in [2.75, 3.05) is 37.7 Å². The number of amides is 1. The molecule has 8 rings (SSSR count). The number of aromatic nitrogens is 3. The van der Waals surface area contributed by atoms with Gasteiger partial charge in [0.05, 0.1) is 52.8 Å². The average Bonchev–Trinajstić information content (AvgIpc) is 3.80. The Morgan fingerprint density at radius 3 is 2.46 bits per heavy atom. The number of nitrogens with one attached hydrogen (secondary N) is 1. The number of nitrogens with zero attached hydrogens (tertiary/aromatic N) is 5. The number of carbonyl (C=O) groups excluding carboxylic acids is 1. The van der Waals surface area contributed by atoms with Crippen LogP contribution < -0.4 is 9.62 Å². The number of alkyl halides is 2. The van der Waals surface area contributed by atoms with Gasteiger partial charge in [-0.2, -0.15) is 0 Å². The molecule has 52 heavy (non-hydrogen) atoms. The summed E-state index contributed by atoms with van der Waals surface area (Å²) in [6.07, 6.45) is 0.775. The standard InChI is InChI=1S/C37H30F4N6O4S/c1-42-36(48)33-24-15-23(29(45(2)52(3,49)50)17-31(24)51-35(33)20-7-9-21(38)10-8-20)26-11-12-27-34(44-26)30-16-22-25(39)5-4-6-28(22)47(30)32(43-27)18-46-14-13-37(40,41)19-46/h4-12,15-17H,13-14,18-19H2,1-3H3,(H,42,48). The molecule has 0 aliphatic carbocycles. The number of pyridine rings is 1. The second kappa shape index (κ2) is 12.0. The largest absolute Gasteiger partial charge is 0.455 e. The fourth-order valence-corrected chi connectivity index (χ4v) is 7.40. The van der Waals surface area contributed by atoms with Crippen molar-refractivity contribution in [2.45, 2.75) is 18.9 Å². The van der Waals surface area contributed by atoms with Crippen LogP contribution in [0, 0.1) is 11.6 Å². The molecule has 1 amide bonds. The molecule has 1 N–H and O–H groups in total. The Bertz CT molecular complexity index is 2710. The number of hydrogen-bond donors (Lipinski definition) is 1. The van der Waals surface area contributed by atoms with Gasteiger partial charge in [-0.3, -0.25) is 18.4 Å². The number of anilines is 1. The Morgan fingerprint density at radius 1 is 1.00 bits per heavy atom. The molecule has 1 aliphatic heterocycles. The first-order chi connectivity index (χ1) is 24.7. The number of rotatable bonds is 7. The van der Waals surface area contributed by atoms with Crippen LogP contribution in [-0.4, -0.2) is 73.0 Å². The van der Waals surface area contributed by atoms with Crippen LogP contribution in [0.15, 0.2) is 77.2 Å². The molecule has 7 aromatic rings. The van der Waals surface area contributed by atoms with Gasteiger partial charge in [-0.05, 0) is 60.7 Å². The predicted octanol–water partition coefficient (Wildman–Crippen LogP) is 6.99. The molecule has 0 bridgehead atoms. The van der Waals surface area contributed by atoms with Gasteiger partial charge in [-0.1, -0.05) is 6.07 Å². The zero-order valence-electron chi connectivity index (χ0n) is 28.0. The summed E-state index contributed by atoms with van der Waals surface area (Å²) in [6.45, 7) is -0.164. The molecule has 5 heterocycles. The van der Waals surface area contributed by atoms with Crippen molar-refractivity contribution in [3.05, 3.63) is 95.8 Å². The van der Waals surface area contributed by atoms with Gasteiger partial charge in [0, 0.05) is 55.0 Å². The van der Waals surface area contributed by atoms with Crippen LogP contribution in [0.5, 0.6) is 0 Å². The first-order valence-electron chi connectivity index (χ1n) is 16.2. The number of halogens is 4. The van der Waals surface area contributed by atoms with E-state index in [2.05, 4.69) is 5.32 Å². The lowest BCUT2D eigenvalue weighted by molar-refractivity contribution is 0.0112. The van der Waals surface area contributed by atoms with E-state index in [4.69, 9.17) is 14.4 Å². The summed E-state index contributed by atoms with van der Waals surface area (Å²) < 4.78 is 92.2. The van der Waals surface area contributed by atoms with E-state index in [1.807, 2.05) is 0 Å². The Morgan fingerprint density at radius 2 is 1.77 bits per heavy atom. The van der Waals surface area contributed by atoms with E-state index in [1.165, 1.54) is 50.5 Å². The summed E-state index contributed by atoms with van der Waals surface area (Å²) in [4.78, 5) is 24.7. The van der Waals surface area contributed by atoms with Crippen molar-refractivity contribution in [3.8, 4) is 22.6 Å². The second-order valence-corrected chi connectivity index (χ2v) is 14.9. The normalized spacial score (nSPS) is 15.0. The number of carbonyl (C=O) groups is 1. The molecule has 0 spiro atoms. The topological polar surface area (TPSA) is 113 Å². The van der Waals surface area contributed by atoms with E-state index in [0.29, 0.717) is 50.1 Å². The fourth-order valence-electron chi connectivity index (χ4n) is 6.90. The maximum atomic E-state index is 15.2. The van der Waals surface area contributed by atoms with Crippen molar-refractivity contribution in [1.82, 2.24) is 24.6 Å². The number of furan rings is 1. The van der Waals surface area contributed by atoms with Crippen molar-refractivity contribution >= 4 is 60.0 Å². The Balaban J connectivity index is 1.39. The zero-order valence-corrected chi connectivity index (χ0v) is 28.9. The van der Waals surface area contributed by atoms with E-state index in [1.54, 1.807) is 45.7 Å². The van der Waals surface area contributed by atoms with Crippen molar-refractivity contribution in [1.29, 1.82) is 0 Å². The third-order valence-corrected chi connectivity index (χ3v) is 10.7. The number of hydrogen-bond acceptors (Lipinski definition) is 7. The number of sulfonamides is 1. The SMILES string of the molecule is CNC(=O)c1c(-c2ccc(F)cc2)oc2cc(N(C)S(C)(=O)=O)c(-c3ccc4nc(CN5CCC(F)(F)C5)n5c6cccc(F)c6cc5c4n3)cc12. The maximum absolute atomic E-state index is 15.2. The summed E-state index contributed by atoms with van der Waals surface area (Å²) in [6, 6.07) is 18.1. The second-order valence-electron chi connectivity index (χ2n) is 12.9. The Kier molecular flexibility index (Phi) is 7.77. The van der Waals surface area contributed by atoms with Crippen LogP contribution in [0.4, 0.5) is 23.2 Å². The van der Waals surface area contributed by atoms with E-state index < -0.39 is 40.0 Å². The van der Waals surface area contributed by atoms with Crippen LogP contribution in [0.3, 0.4) is 0 Å². The summed E-state index contributed by atoms with van der Waals surface area (Å²) in [5.41, 5.74) is 3.29. The van der Waals surface area contributed by atoms with Gasteiger partial charge in [-0.25, -0.2) is 35.9 Å². The van der Waals surface area contributed by atoms with Crippen molar-refractivity contribution in [3.63, 3.8) is 0 Å². The van der Waals surface area contributed by atoms with Gasteiger partial charge in [0.25, 0.3) is 11.8 Å². The smallest absolute Gasteiger partial charge is 0.261 e. The van der Waals surface area contributed by atoms with Crippen LogP contribution in [0.25, 0.3) is 61.0 Å². The van der Waals surface area contributed by atoms with Gasteiger partial charge in [0.15, 0.2) is 0 Å². The van der Waals surface area contributed by atoms with Gasteiger partial charge >= 0.3 is 0 Å². The molecule has 1 fully saturated rings. The monoisotopic (exact) mass is 730 g/mol. The number of benzene rings is 3. The quantitative estimate of drug-likeness (QED) is 0.176. The van der Waals surface area contributed by atoms with Gasteiger partial charge in [-0.15, -0.1) is 0 Å². The molecule has 10 nitrogen and oxygen atoms in total. The lowest BCUT2D eigenvalue weighted by Gasteiger charge is -2.21. The van der Waals surface area contributed by atoms with Crippen molar-refractivity contribution in [2.24, 2.45) is 0 Å². The highest BCUT2D eigenvalue weighted by Crippen LogP contribution is 2.42. The summed E-state index contributed by atoms with van der Waals surface area (Å²) in [5.74, 6) is -3.68. The van der Waals surface area contributed by atoms with E-state index in [-0.39, 0.29) is 47.5 Å². The molecule has 0 saturated carbocycles. The summed E-state index contributed by atoms with van der Waals surface area (Å²) in [7, 11) is -1.00. The fraction of sp³-hybridized carbons (Fsp3) is 0.216. The van der Waals surface area contributed by atoms with E-state index >= 15 is 4.39 Å².